The predicted octanol–water partition coefficient (Wildman–Crippen LogP) is 3.09. The van der Waals surface area contributed by atoms with Crippen molar-refractivity contribution in [2.24, 2.45) is 0 Å². The molecular formula is C17H21N2O+. The molecule has 1 aromatic carbocycles. The smallest absolute Gasteiger partial charge is 0.224 e. The van der Waals surface area contributed by atoms with E-state index in [0.717, 1.165) is 30.6 Å². The number of carbonyl (C=O) groups excluding carboxylic acids is 1. The first-order chi connectivity index (χ1) is 9.74. The molecule has 3 nitrogen and oxygen atoms in total. The summed E-state index contributed by atoms with van der Waals surface area (Å²) < 4.78 is 2.14. The number of anilines is 1. The molecule has 0 saturated heterocycles. The number of aryl methyl sites for hydroxylation is 2. The number of carbonyl (C=O) groups is 1. The van der Waals surface area contributed by atoms with Crippen molar-refractivity contribution in [2.75, 3.05) is 5.32 Å². The lowest BCUT2D eigenvalue weighted by Gasteiger charge is -2.05. The quantitative estimate of drug-likeness (QED) is 0.634. The molecule has 2 rings (SSSR count). The van der Waals surface area contributed by atoms with E-state index >= 15 is 0 Å². The van der Waals surface area contributed by atoms with Crippen LogP contribution in [0.3, 0.4) is 0 Å². The molecule has 0 radical (unpaired) electrons. The van der Waals surface area contributed by atoms with Gasteiger partial charge in [0, 0.05) is 30.7 Å². The number of amides is 1. The van der Waals surface area contributed by atoms with E-state index in [9.17, 15) is 4.79 Å². The van der Waals surface area contributed by atoms with Gasteiger partial charge >= 0.3 is 0 Å². The lowest BCUT2D eigenvalue weighted by atomic mass is 10.2. The van der Waals surface area contributed by atoms with Crippen LogP contribution in [-0.4, -0.2) is 5.91 Å². The summed E-state index contributed by atoms with van der Waals surface area (Å²) in [5.74, 6) is 0.0914. The number of aromatic nitrogens is 1. The summed E-state index contributed by atoms with van der Waals surface area (Å²) in [7, 11) is 0. The van der Waals surface area contributed by atoms with E-state index in [1.54, 1.807) is 0 Å². The normalized spacial score (nSPS) is 10.2. The molecule has 0 fully saturated rings. The number of unbranched alkanes of at least 4 members (excludes halogenated alkanes) is 1. The van der Waals surface area contributed by atoms with E-state index < -0.39 is 0 Å². The second-order valence-electron chi connectivity index (χ2n) is 4.99. The number of nitrogens with one attached hydrogen (secondary N) is 1. The van der Waals surface area contributed by atoms with Gasteiger partial charge in [-0.2, -0.15) is 0 Å². The summed E-state index contributed by atoms with van der Waals surface area (Å²) in [5.41, 5.74) is 2.04. The molecule has 0 aliphatic rings. The Hall–Kier alpha value is -2.16. The zero-order valence-corrected chi connectivity index (χ0v) is 11.9. The zero-order valence-electron chi connectivity index (χ0n) is 11.9. The van der Waals surface area contributed by atoms with Crippen LogP contribution < -0.4 is 9.88 Å². The number of rotatable bonds is 6. The van der Waals surface area contributed by atoms with Gasteiger partial charge in [0.25, 0.3) is 0 Å². The van der Waals surface area contributed by atoms with Gasteiger partial charge in [-0.05, 0) is 31.0 Å². The molecular weight excluding hydrogens is 248 g/mol. The zero-order chi connectivity index (χ0) is 14.2. The number of nitrogens with zero attached hydrogens (tertiary/aromatic N) is 1. The average molecular weight is 269 g/mol. The topological polar surface area (TPSA) is 33.0 Å². The summed E-state index contributed by atoms with van der Waals surface area (Å²) in [6.45, 7) is 2.98. The second-order valence-corrected chi connectivity index (χ2v) is 4.99. The number of pyridine rings is 1. The van der Waals surface area contributed by atoms with Crippen molar-refractivity contribution < 1.29 is 9.36 Å². The first-order valence-electron chi connectivity index (χ1n) is 7.05. The van der Waals surface area contributed by atoms with E-state index in [1.165, 1.54) is 0 Å². The lowest BCUT2D eigenvalue weighted by molar-refractivity contribution is -0.697. The van der Waals surface area contributed by atoms with Crippen molar-refractivity contribution in [1.82, 2.24) is 0 Å². The Morgan fingerprint density at radius 2 is 1.90 bits per heavy atom. The lowest BCUT2D eigenvalue weighted by Crippen LogP contribution is -2.32. The highest BCUT2D eigenvalue weighted by atomic mass is 16.1. The maximum atomic E-state index is 11.8. The van der Waals surface area contributed by atoms with Crippen molar-refractivity contribution >= 4 is 11.6 Å². The number of hydrogen-bond donors (Lipinski definition) is 1. The summed E-state index contributed by atoms with van der Waals surface area (Å²) in [5, 5.41) is 2.94. The molecule has 1 amide bonds. The van der Waals surface area contributed by atoms with Crippen LogP contribution in [0.1, 0.15) is 24.8 Å². The van der Waals surface area contributed by atoms with Crippen LogP contribution in [-0.2, 0) is 11.3 Å². The largest absolute Gasteiger partial charge is 0.326 e. The van der Waals surface area contributed by atoms with Gasteiger partial charge < -0.3 is 5.32 Å². The SMILES string of the molecule is Cc1cccc(NC(=O)CCCC[n+]2ccccc2)c1. The monoisotopic (exact) mass is 269 g/mol. The molecule has 2 aromatic rings. The number of hydrogen-bond acceptors (Lipinski definition) is 1. The van der Waals surface area contributed by atoms with Crippen LogP contribution in [0.4, 0.5) is 5.69 Å². The standard InChI is InChI=1S/C17H20N2O/c1-15-8-7-9-16(14-15)18-17(20)10-3-6-13-19-11-4-2-5-12-19/h2,4-5,7-9,11-12,14H,3,6,10,13H2,1H3/p+1. The third kappa shape index (κ3) is 4.84. The highest BCUT2D eigenvalue weighted by molar-refractivity contribution is 5.90. The minimum absolute atomic E-state index is 0.0914. The van der Waals surface area contributed by atoms with E-state index in [0.29, 0.717) is 6.42 Å². The molecule has 0 bridgehead atoms. The molecule has 0 aliphatic heterocycles. The van der Waals surface area contributed by atoms with Crippen LogP contribution in [0.25, 0.3) is 0 Å². The maximum Gasteiger partial charge on any atom is 0.224 e. The Kier molecular flexibility index (Phi) is 5.30. The van der Waals surface area contributed by atoms with Gasteiger partial charge in [0.2, 0.25) is 5.91 Å². The highest BCUT2D eigenvalue weighted by Crippen LogP contribution is 2.10. The van der Waals surface area contributed by atoms with Gasteiger partial charge in [-0.25, -0.2) is 4.57 Å². The van der Waals surface area contributed by atoms with Crippen LogP contribution in [0, 0.1) is 6.92 Å². The highest BCUT2D eigenvalue weighted by Gasteiger charge is 2.04. The summed E-state index contributed by atoms with van der Waals surface area (Å²) in [4.78, 5) is 11.8. The van der Waals surface area contributed by atoms with Crippen molar-refractivity contribution in [3.05, 3.63) is 60.4 Å². The maximum absolute atomic E-state index is 11.8. The van der Waals surface area contributed by atoms with Crippen molar-refractivity contribution in [1.29, 1.82) is 0 Å². The molecule has 0 saturated carbocycles. The Balaban J connectivity index is 1.68. The molecule has 104 valence electrons. The predicted molar refractivity (Wildman–Crippen MR) is 80.3 cm³/mol. The molecule has 1 N–H and O–H groups in total. The van der Waals surface area contributed by atoms with Crippen LogP contribution in [0.15, 0.2) is 54.9 Å². The van der Waals surface area contributed by atoms with Gasteiger partial charge in [0.1, 0.15) is 6.54 Å². The molecule has 0 atom stereocenters. The molecule has 0 aliphatic carbocycles. The fourth-order valence-electron chi connectivity index (χ4n) is 2.11. The van der Waals surface area contributed by atoms with E-state index in [-0.39, 0.29) is 5.91 Å². The van der Waals surface area contributed by atoms with Gasteiger partial charge in [-0.1, -0.05) is 18.2 Å². The third-order valence-electron chi connectivity index (χ3n) is 3.15. The Labute approximate surface area is 120 Å². The van der Waals surface area contributed by atoms with Crippen molar-refractivity contribution in [3.63, 3.8) is 0 Å². The minimum atomic E-state index is 0.0914. The summed E-state index contributed by atoms with van der Waals surface area (Å²) in [6, 6.07) is 13.9. The second kappa shape index (κ2) is 7.43. The first kappa shape index (κ1) is 14.3. The van der Waals surface area contributed by atoms with Crippen LogP contribution in [0.2, 0.25) is 0 Å². The number of benzene rings is 1. The van der Waals surface area contributed by atoms with Crippen LogP contribution >= 0.6 is 0 Å². The van der Waals surface area contributed by atoms with Gasteiger partial charge in [-0.3, -0.25) is 4.79 Å². The summed E-state index contributed by atoms with van der Waals surface area (Å²) >= 11 is 0. The van der Waals surface area contributed by atoms with Gasteiger partial charge in [0.05, 0.1) is 0 Å². The Morgan fingerprint density at radius 1 is 1.10 bits per heavy atom. The molecule has 1 heterocycles. The Morgan fingerprint density at radius 3 is 2.65 bits per heavy atom. The van der Waals surface area contributed by atoms with E-state index in [1.807, 2.05) is 61.8 Å². The Bertz CT molecular complexity index is 552. The minimum Gasteiger partial charge on any atom is -0.326 e. The van der Waals surface area contributed by atoms with E-state index in [2.05, 4.69) is 9.88 Å². The molecule has 20 heavy (non-hydrogen) atoms. The first-order valence-corrected chi connectivity index (χ1v) is 7.05. The molecule has 0 unspecified atom stereocenters. The van der Waals surface area contributed by atoms with Crippen molar-refractivity contribution in [2.45, 2.75) is 32.7 Å². The molecule has 3 heteroatoms. The van der Waals surface area contributed by atoms with Gasteiger partial charge in [0.15, 0.2) is 12.4 Å². The fourth-order valence-corrected chi connectivity index (χ4v) is 2.11. The van der Waals surface area contributed by atoms with E-state index in [4.69, 9.17) is 0 Å². The third-order valence-corrected chi connectivity index (χ3v) is 3.15. The summed E-state index contributed by atoms with van der Waals surface area (Å²) in [6.07, 6.45) is 6.58. The van der Waals surface area contributed by atoms with Gasteiger partial charge in [-0.15, -0.1) is 0 Å². The fraction of sp³-hybridized carbons (Fsp3) is 0.294. The van der Waals surface area contributed by atoms with Crippen LogP contribution in [0.5, 0.6) is 0 Å². The molecule has 0 spiro atoms. The average Bonchev–Trinajstić information content (AvgIpc) is 2.45. The molecule has 1 aromatic heterocycles. The van der Waals surface area contributed by atoms with Crippen molar-refractivity contribution in [3.8, 4) is 0 Å².